The van der Waals surface area contributed by atoms with Crippen LogP contribution in [0.25, 0.3) is 0 Å². The maximum absolute atomic E-state index is 11.1. The van der Waals surface area contributed by atoms with E-state index in [0.717, 1.165) is 25.7 Å². The van der Waals surface area contributed by atoms with Crippen LogP contribution in [0.15, 0.2) is 46.2 Å². The van der Waals surface area contributed by atoms with Gasteiger partial charge in [0.25, 0.3) is 0 Å². The number of aliphatic hydroxyl groups is 2. The van der Waals surface area contributed by atoms with Crippen molar-refractivity contribution in [1.82, 2.24) is 0 Å². The average Bonchev–Trinajstić information content (AvgIpc) is 3.70. The van der Waals surface area contributed by atoms with Gasteiger partial charge in [-0.1, -0.05) is 22.3 Å². The minimum atomic E-state index is -2.28. The summed E-state index contributed by atoms with van der Waals surface area (Å²) in [7, 11) is 16.2. The molecule has 0 aromatic carbocycles. The van der Waals surface area contributed by atoms with Gasteiger partial charge in [0.1, 0.15) is 31.4 Å². The second-order valence-corrected chi connectivity index (χ2v) is 15.6. The molecule has 0 aromatic heterocycles. The number of rotatable bonds is 8. The Kier molecular flexibility index (Phi) is 14.7. The van der Waals surface area contributed by atoms with Crippen LogP contribution in [-0.2, 0) is 18.2 Å². The van der Waals surface area contributed by atoms with E-state index in [4.69, 9.17) is 50.6 Å². The van der Waals surface area contributed by atoms with Crippen LogP contribution < -0.4 is 0 Å². The summed E-state index contributed by atoms with van der Waals surface area (Å²) in [6, 6.07) is 0. The van der Waals surface area contributed by atoms with E-state index in [1.165, 1.54) is 22.3 Å². The van der Waals surface area contributed by atoms with E-state index < -0.39 is 14.7 Å². The Morgan fingerprint density at radius 2 is 0.889 bits per heavy atom. The molecule has 4 aliphatic carbocycles. The Labute approximate surface area is 223 Å². The van der Waals surface area contributed by atoms with Gasteiger partial charge in [0, 0.05) is 63.5 Å². The van der Waals surface area contributed by atoms with Crippen LogP contribution in [0.4, 0.5) is 0 Å². The summed E-state index contributed by atoms with van der Waals surface area (Å²) in [6.45, 7) is 8.16. The SMILES string of the molecule is [B]/C=C1/CC1CO.[B]/C=C1/CC1COP(C)(C)=O.[B]/C=C1\CC1CO.[B]/C=C1\CC1COP(C)(C)=O. The van der Waals surface area contributed by atoms with Crippen LogP contribution in [0.1, 0.15) is 25.7 Å². The van der Waals surface area contributed by atoms with Gasteiger partial charge >= 0.3 is 0 Å². The molecule has 8 radical (unpaired) electrons. The summed E-state index contributed by atoms with van der Waals surface area (Å²) in [4.78, 5) is 0. The molecule has 6 nitrogen and oxygen atoms in total. The highest BCUT2D eigenvalue weighted by Crippen LogP contribution is 2.45. The average molecular weight is 528 g/mol. The number of aliphatic hydroxyl groups excluding tert-OH is 2. The second-order valence-electron chi connectivity index (χ2n) is 10.0. The van der Waals surface area contributed by atoms with Gasteiger partial charge in [-0.2, -0.15) is 0 Å². The van der Waals surface area contributed by atoms with Crippen LogP contribution >= 0.6 is 14.7 Å². The third-order valence-corrected chi connectivity index (χ3v) is 7.40. The number of hydrogen-bond donors (Lipinski definition) is 2. The van der Waals surface area contributed by atoms with Crippen molar-refractivity contribution in [2.45, 2.75) is 25.7 Å². The first-order chi connectivity index (χ1) is 16.8. The van der Waals surface area contributed by atoms with Crippen molar-refractivity contribution in [3.8, 4) is 0 Å². The van der Waals surface area contributed by atoms with E-state index in [2.05, 4.69) is 0 Å². The van der Waals surface area contributed by atoms with Gasteiger partial charge in [0.05, 0.1) is 13.2 Å². The van der Waals surface area contributed by atoms with Crippen LogP contribution in [0.2, 0.25) is 0 Å². The predicted molar refractivity (Wildman–Crippen MR) is 153 cm³/mol. The smallest absolute Gasteiger partial charge is 0.197 e. The summed E-state index contributed by atoms with van der Waals surface area (Å²) in [6.07, 6.45) is 4.03. The third kappa shape index (κ3) is 15.7. The molecule has 4 atom stereocenters. The molecule has 4 rings (SSSR count). The maximum atomic E-state index is 11.1. The molecule has 4 saturated carbocycles. The molecule has 0 aliphatic heterocycles. The largest absolute Gasteiger partial charge is 0.396 e. The highest BCUT2D eigenvalue weighted by molar-refractivity contribution is 7.57. The molecule has 0 aromatic rings. The minimum absolute atomic E-state index is 0.267. The summed E-state index contributed by atoms with van der Waals surface area (Å²) in [5.74, 6) is 8.09. The lowest BCUT2D eigenvalue weighted by Gasteiger charge is -2.05. The fourth-order valence-electron chi connectivity index (χ4n) is 2.95. The van der Waals surface area contributed by atoms with Crippen LogP contribution in [-0.4, -0.2) is 94.7 Å². The van der Waals surface area contributed by atoms with Crippen molar-refractivity contribution in [3.05, 3.63) is 46.2 Å². The molecule has 192 valence electrons. The Bertz CT molecular complexity index is 848. The van der Waals surface area contributed by atoms with Gasteiger partial charge in [-0.25, -0.2) is 0 Å². The first kappa shape index (κ1) is 33.5. The molecule has 4 fully saturated rings. The Morgan fingerprint density at radius 3 is 1.03 bits per heavy atom. The Balaban J connectivity index is 0.000000245. The lowest BCUT2D eigenvalue weighted by Crippen LogP contribution is -1.92. The Morgan fingerprint density at radius 1 is 0.639 bits per heavy atom. The zero-order valence-electron chi connectivity index (χ0n) is 22.0. The number of hydrogen-bond acceptors (Lipinski definition) is 6. The van der Waals surface area contributed by atoms with Gasteiger partial charge in [-0.3, -0.25) is 9.13 Å². The molecule has 36 heavy (non-hydrogen) atoms. The van der Waals surface area contributed by atoms with Gasteiger partial charge < -0.3 is 19.3 Å². The zero-order chi connectivity index (χ0) is 27.5. The molecule has 0 spiro atoms. The molecule has 4 unspecified atom stereocenters. The van der Waals surface area contributed by atoms with E-state index >= 15 is 0 Å². The summed E-state index contributed by atoms with van der Waals surface area (Å²) >= 11 is 0. The highest BCUT2D eigenvalue weighted by atomic mass is 31.2. The normalized spacial score (nSPS) is 29.9. The topological polar surface area (TPSA) is 93.1 Å². The minimum Gasteiger partial charge on any atom is -0.396 e. The lowest BCUT2D eigenvalue weighted by atomic mass is 10.1. The summed E-state index contributed by atoms with van der Waals surface area (Å²) < 4.78 is 32.4. The zero-order valence-corrected chi connectivity index (χ0v) is 23.8. The van der Waals surface area contributed by atoms with Crippen molar-refractivity contribution in [2.75, 3.05) is 53.1 Å². The van der Waals surface area contributed by atoms with Gasteiger partial charge in [-0.05, 0) is 25.7 Å². The molecular formula is C24H38B4O6P2. The van der Waals surface area contributed by atoms with Crippen molar-refractivity contribution in [1.29, 1.82) is 0 Å². The molecule has 4 aliphatic rings. The van der Waals surface area contributed by atoms with Crippen molar-refractivity contribution in [3.63, 3.8) is 0 Å². The molecule has 0 amide bonds. The molecule has 0 bridgehead atoms. The maximum Gasteiger partial charge on any atom is 0.197 e. The fraction of sp³-hybridized carbons (Fsp3) is 0.667. The summed E-state index contributed by atoms with van der Waals surface area (Å²) in [5, 5.41) is 16.8. The molecular weight excluding hydrogens is 489 g/mol. The molecule has 2 N–H and O–H groups in total. The van der Waals surface area contributed by atoms with E-state index in [-0.39, 0.29) is 13.2 Å². The highest BCUT2D eigenvalue weighted by Gasteiger charge is 2.30. The van der Waals surface area contributed by atoms with E-state index in [1.807, 2.05) is 0 Å². The monoisotopic (exact) mass is 528 g/mol. The fourth-order valence-corrected chi connectivity index (χ4v) is 4.03. The molecule has 0 saturated heterocycles. The Hall–Kier alpha value is -0.480. The van der Waals surface area contributed by atoms with Crippen LogP contribution in [0.3, 0.4) is 0 Å². The van der Waals surface area contributed by atoms with Gasteiger partial charge in [-0.15, -0.1) is 23.9 Å². The van der Waals surface area contributed by atoms with E-state index in [9.17, 15) is 9.13 Å². The van der Waals surface area contributed by atoms with Crippen LogP contribution in [0, 0.1) is 23.7 Å². The van der Waals surface area contributed by atoms with Crippen molar-refractivity contribution in [2.24, 2.45) is 23.7 Å². The lowest BCUT2D eigenvalue weighted by molar-refractivity contribution is 0.281. The van der Waals surface area contributed by atoms with E-state index in [1.54, 1.807) is 50.6 Å². The first-order valence-electron chi connectivity index (χ1n) is 12.1. The first-order valence-corrected chi connectivity index (χ1v) is 17.1. The summed E-state index contributed by atoms with van der Waals surface area (Å²) in [5.41, 5.74) is 4.84. The van der Waals surface area contributed by atoms with Crippen molar-refractivity contribution >= 4 is 46.1 Å². The quantitative estimate of drug-likeness (QED) is 0.372. The molecule has 0 heterocycles. The van der Waals surface area contributed by atoms with Crippen LogP contribution in [0.5, 0.6) is 0 Å². The second kappa shape index (κ2) is 15.8. The van der Waals surface area contributed by atoms with Gasteiger partial charge in [0.15, 0.2) is 14.7 Å². The standard InChI is InChI=1S/2C7H12BO2P.2C5H7BO/c2*1-11(2,9)10-5-7-3-6(7)4-8;2*6-2-4-1-5(4)3-7/h2*4,7H,3,5H2,1-2H3;2*2,5,7H,1,3H2/b6-4+;6-4-;4-2+;4-2-. The van der Waals surface area contributed by atoms with Gasteiger partial charge in [0.2, 0.25) is 0 Å². The van der Waals surface area contributed by atoms with Crippen molar-refractivity contribution < 1.29 is 28.4 Å². The predicted octanol–water partition coefficient (Wildman–Crippen LogP) is 3.33. The van der Waals surface area contributed by atoms with E-state index in [0.29, 0.717) is 36.9 Å². The molecule has 12 heteroatoms. The third-order valence-electron chi connectivity index (χ3n) is 5.86.